The van der Waals surface area contributed by atoms with Gasteiger partial charge in [-0.25, -0.2) is 0 Å². The van der Waals surface area contributed by atoms with Crippen molar-refractivity contribution in [1.82, 2.24) is 0 Å². The largest absolute Gasteiger partial charge is 0.324 e. The van der Waals surface area contributed by atoms with Crippen molar-refractivity contribution < 1.29 is 0 Å². The molecule has 1 saturated carbocycles. The van der Waals surface area contributed by atoms with E-state index in [1.165, 1.54) is 24.8 Å². The standard InChI is InChI=1S/C8H15N/c1-2-4-7-5-3-6-8(7)9/h4,8H,2-3,5-6,9H2,1H3/b7-4-. The summed E-state index contributed by atoms with van der Waals surface area (Å²) in [5.41, 5.74) is 7.28. The maximum absolute atomic E-state index is 5.80. The third kappa shape index (κ3) is 1.55. The quantitative estimate of drug-likeness (QED) is 0.532. The lowest BCUT2D eigenvalue weighted by Crippen LogP contribution is -2.16. The third-order valence-electron chi connectivity index (χ3n) is 1.92. The van der Waals surface area contributed by atoms with Gasteiger partial charge in [-0.3, -0.25) is 0 Å². The summed E-state index contributed by atoms with van der Waals surface area (Å²) < 4.78 is 0. The third-order valence-corrected chi connectivity index (χ3v) is 1.92. The fraction of sp³-hybridized carbons (Fsp3) is 0.750. The fourth-order valence-corrected chi connectivity index (χ4v) is 1.41. The van der Waals surface area contributed by atoms with Gasteiger partial charge in [0, 0.05) is 6.04 Å². The molecular weight excluding hydrogens is 110 g/mol. The van der Waals surface area contributed by atoms with Crippen molar-refractivity contribution in [2.45, 2.75) is 38.6 Å². The molecule has 1 rings (SSSR count). The molecule has 0 aromatic heterocycles. The Morgan fingerprint density at radius 3 is 3.00 bits per heavy atom. The summed E-state index contributed by atoms with van der Waals surface area (Å²) >= 11 is 0. The lowest BCUT2D eigenvalue weighted by Gasteiger charge is -2.02. The average Bonchev–Trinajstić information content (AvgIpc) is 2.18. The Hall–Kier alpha value is -0.300. The molecule has 0 aromatic rings. The second-order valence-corrected chi connectivity index (χ2v) is 2.69. The van der Waals surface area contributed by atoms with E-state index in [0.29, 0.717) is 6.04 Å². The van der Waals surface area contributed by atoms with E-state index in [0.717, 1.165) is 6.42 Å². The second kappa shape index (κ2) is 3.02. The Bertz CT molecular complexity index is 116. The first kappa shape index (κ1) is 6.81. The van der Waals surface area contributed by atoms with Crippen molar-refractivity contribution in [3.63, 3.8) is 0 Å². The molecule has 1 fully saturated rings. The van der Waals surface area contributed by atoms with Crippen LogP contribution in [0.2, 0.25) is 0 Å². The number of allylic oxidation sites excluding steroid dienone is 1. The zero-order valence-electron chi connectivity index (χ0n) is 6.06. The maximum Gasteiger partial charge on any atom is 0.0253 e. The Morgan fingerprint density at radius 2 is 2.56 bits per heavy atom. The van der Waals surface area contributed by atoms with Crippen LogP contribution in [0.15, 0.2) is 11.6 Å². The van der Waals surface area contributed by atoms with E-state index in [4.69, 9.17) is 5.73 Å². The number of hydrogen-bond acceptors (Lipinski definition) is 1. The van der Waals surface area contributed by atoms with Crippen molar-refractivity contribution in [3.8, 4) is 0 Å². The second-order valence-electron chi connectivity index (χ2n) is 2.69. The van der Waals surface area contributed by atoms with E-state index in [1.54, 1.807) is 0 Å². The lowest BCUT2D eigenvalue weighted by molar-refractivity contribution is 0.772. The van der Waals surface area contributed by atoms with Crippen LogP contribution < -0.4 is 5.73 Å². The predicted molar refractivity (Wildman–Crippen MR) is 40.2 cm³/mol. The van der Waals surface area contributed by atoms with Gasteiger partial charge < -0.3 is 5.73 Å². The minimum Gasteiger partial charge on any atom is -0.324 e. The molecule has 1 heteroatoms. The summed E-state index contributed by atoms with van der Waals surface area (Å²) in [4.78, 5) is 0. The highest BCUT2D eigenvalue weighted by Gasteiger charge is 2.14. The zero-order chi connectivity index (χ0) is 6.69. The Morgan fingerprint density at radius 1 is 1.78 bits per heavy atom. The summed E-state index contributed by atoms with van der Waals surface area (Å²) in [5, 5.41) is 0. The molecule has 0 heterocycles. The topological polar surface area (TPSA) is 26.0 Å². The van der Waals surface area contributed by atoms with Gasteiger partial charge in [-0.2, -0.15) is 0 Å². The van der Waals surface area contributed by atoms with Crippen molar-refractivity contribution in [2.24, 2.45) is 5.73 Å². The molecule has 0 bridgehead atoms. The molecule has 1 aliphatic rings. The molecule has 0 amide bonds. The van der Waals surface area contributed by atoms with E-state index >= 15 is 0 Å². The molecule has 1 nitrogen and oxygen atoms in total. The highest BCUT2D eigenvalue weighted by Crippen LogP contribution is 2.22. The first-order valence-electron chi connectivity index (χ1n) is 3.79. The van der Waals surface area contributed by atoms with E-state index in [1.807, 2.05) is 0 Å². The summed E-state index contributed by atoms with van der Waals surface area (Å²) in [7, 11) is 0. The SMILES string of the molecule is CC/C=C1/CCCC1N. The summed E-state index contributed by atoms with van der Waals surface area (Å²) in [6.45, 7) is 2.16. The highest BCUT2D eigenvalue weighted by atomic mass is 14.6. The first-order chi connectivity index (χ1) is 4.34. The van der Waals surface area contributed by atoms with Crippen LogP contribution in [0.1, 0.15) is 32.6 Å². The van der Waals surface area contributed by atoms with Crippen molar-refractivity contribution in [2.75, 3.05) is 0 Å². The molecule has 1 atom stereocenters. The van der Waals surface area contributed by atoms with Crippen LogP contribution in [-0.4, -0.2) is 6.04 Å². The van der Waals surface area contributed by atoms with Crippen LogP contribution in [0.25, 0.3) is 0 Å². The van der Waals surface area contributed by atoms with E-state index in [2.05, 4.69) is 13.0 Å². The summed E-state index contributed by atoms with van der Waals surface area (Å²) in [6.07, 6.45) is 7.16. The highest BCUT2D eigenvalue weighted by molar-refractivity contribution is 5.13. The van der Waals surface area contributed by atoms with Gasteiger partial charge in [0.05, 0.1) is 0 Å². The molecule has 0 saturated heterocycles. The molecule has 2 N–H and O–H groups in total. The van der Waals surface area contributed by atoms with Crippen LogP contribution in [0.4, 0.5) is 0 Å². The van der Waals surface area contributed by atoms with Gasteiger partial charge in [0.1, 0.15) is 0 Å². The molecule has 0 aliphatic heterocycles. The normalized spacial score (nSPS) is 31.8. The Balaban J connectivity index is 2.48. The Kier molecular flexibility index (Phi) is 2.29. The van der Waals surface area contributed by atoms with Crippen LogP contribution in [0, 0.1) is 0 Å². The van der Waals surface area contributed by atoms with Crippen LogP contribution in [0.5, 0.6) is 0 Å². The molecule has 52 valence electrons. The smallest absolute Gasteiger partial charge is 0.0253 e. The van der Waals surface area contributed by atoms with Gasteiger partial charge in [-0.05, 0) is 25.7 Å². The minimum absolute atomic E-state index is 0.393. The van der Waals surface area contributed by atoms with E-state index in [-0.39, 0.29) is 0 Å². The average molecular weight is 125 g/mol. The van der Waals surface area contributed by atoms with E-state index < -0.39 is 0 Å². The summed E-state index contributed by atoms with van der Waals surface area (Å²) in [6, 6.07) is 0.393. The monoisotopic (exact) mass is 125 g/mol. The molecule has 9 heavy (non-hydrogen) atoms. The first-order valence-corrected chi connectivity index (χ1v) is 3.79. The maximum atomic E-state index is 5.80. The zero-order valence-corrected chi connectivity index (χ0v) is 6.06. The van der Waals surface area contributed by atoms with Crippen molar-refractivity contribution >= 4 is 0 Å². The van der Waals surface area contributed by atoms with Crippen LogP contribution >= 0.6 is 0 Å². The van der Waals surface area contributed by atoms with Crippen LogP contribution in [0.3, 0.4) is 0 Å². The number of nitrogens with two attached hydrogens (primary N) is 1. The fourth-order valence-electron chi connectivity index (χ4n) is 1.41. The molecular formula is C8H15N. The van der Waals surface area contributed by atoms with Gasteiger partial charge in [0.15, 0.2) is 0 Å². The molecule has 0 radical (unpaired) electrons. The number of rotatable bonds is 1. The summed E-state index contributed by atoms with van der Waals surface area (Å²) in [5.74, 6) is 0. The van der Waals surface area contributed by atoms with Gasteiger partial charge in [0.2, 0.25) is 0 Å². The molecule has 0 spiro atoms. The molecule has 1 aliphatic carbocycles. The number of hydrogen-bond donors (Lipinski definition) is 1. The van der Waals surface area contributed by atoms with Gasteiger partial charge >= 0.3 is 0 Å². The van der Waals surface area contributed by atoms with Gasteiger partial charge in [-0.15, -0.1) is 0 Å². The van der Waals surface area contributed by atoms with E-state index in [9.17, 15) is 0 Å². The minimum atomic E-state index is 0.393. The molecule has 0 aromatic carbocycles. The predicted octanol–water partition coefficient (Wildman–Crippen LogP) is 1.83. The van der Waals surface area contributed by atoms with Crippen molar-refractivity contribution in [1.29, 1.82) is 0 Å². The molecule has 1 unspecified atom stereocenters. The Labute approximate surface area is 56.9 Å². The lowest BCUT2D eigenvalue weighted by atomic mass is 10.1. The van der Waals surface area contributed by atoms with Gasteiger partial charge in [-0.1, -0.05) is 18.6 Å². The van der Waals surface area contributed by atoms with Crippen molar-refractivity contribution in [3.05, 3.63) is 11.6 Å². The van der Waals surface area contributed by atoms with Gasteiger partial charge in [0.25, 0.3) is 0 Å². The van der Waals surface area contributed by atoms with Crippen LogP contribution in [-0.2, 0) is 0 Å².